The van der Waals surface area contributed by atoms with Crippen LogP contribution in [0.1, 0.15) is 12.5 Å². The van der Waals surface area contributed by atoms with Gasteiger partial charge in [0, 0.05) is 6.08 Å². The van der Waals surface area contributed by atoms with Gasteiger partial charge in [-0.05, 0) is 18.1 Å². The van der Waals surface area contributed by atoms with Crippen molar-refractivity contribution in [2.24, 2.45) is 0 Å². The van der Waals surface area contributed by atoms with E-state index in [-0.39, 0.29) is 0 Å². The smallest absolute Gasteiger partial charge is 0.0918 e. The van der Waals surface area contributed by atoms with Crippen LogP contribution in [0.4, 0.5) is 0 Å². The zero-order valence-electron chi connectivity index (χ0n) is 7.57. The first kappa shape index (κ1) is 9.28. The maximum Gasteiger partial charge on any atom is 0.0918 e. The van der Waals surface area contributed by atoms with Crippen LogP contribution in [0, 0.1) is 11.3 Å². The van der Waals surface area contributed by atoms with Gasteiger partial charge in [0.05, 0.1) is 6.07 Å². The van der Waals surface area contributed by atoms with Crippen molar-refractivity contribution < 1.29 is 0 Å². The summed E-state index contributed by atoms with van der Waals surface area (Å²) in [5, 5.41) is 8.56. The minimum atomic E-state index is 0.950. The lowest BCUT2D eigenvalue weighted by Crippen LogP contribution is -1.78. The molecule has 1 heteroatoms. The van der Waals surface area contributed by atoms with E-state index in [1.165, 1.54) is 0 Å². The molecule has 0 saturated carbocycles. The summed E-state index contributed by atoms with van der Waals surface area (Å²) in [5.74, 6) is 0. The first-order chi connectivity index (χ1) is 6.38. The lowest BCUT2D eigenvalue weighted by atomic mass is 10.1. The number of nitriles is 1. The van der Waals surface area contributed by atoms with Gasteiger partial charge in [-0.15, -0.1) is 0 Å². The topological polar surface area (TPSA) is 23.8 Å². The predicted octanol–water partition coefficient (Wildman–Crippen LogP) is 3.17. The standard InChI is InChI=1S/C12H11N/c1-2-6-11(9-10-13)12-7-4-3-5-8-12/h2-9H,1H3/b6-2+,11-9-. The average Bonchev–Trinajstić information content (AvgIpc) is 2.19. The molecule has 64 valence electrons. The normalized spacial score (nSPS) is 11.5. The molecule has 0 spiro atoms. The summed E-state index contributed by atoms with van der Waals surface area (Å²) in [4.78, 5) is 0. The van der Waals surface area contributed by atoms with Gasteiger partial charge in [-0.2, -0.15) is 5.26 Å². The number of hydrogen-bond acceptors (Lipinski definition) is 1. The van der Waals surface area contributed by atoms with E-state index in [2.05, 4.69) is 0 Å². The van der Waals surface area contributed by atoms with Crippen LogP contribution in [0.2, 0.25) is 0 Å². The summed E-state index contributed by atoms with van der Waals surface area (Å²) in [7, 11) is 0. The SMILES string of the molecule is C/C=C/C(=C/C#N)c1ccccc1. The van der Waals surface area contributed by atoms with Crippen molar-refractivity contribution in [1.29, 1.82) is 5.26 Å². The van der Waals surface area contributed by atoms with Crippen molar-refractivity contribution in [3.05, 3.63) is 54.1 Å². The van der Waals surface area contributed by atoms with Gasteiger partial charge in [-0.3, -0.25) is 0 Å². The summed E-state index contributed by atoms with van der Waals surface area (Å²) in [6.07, 6.45) is 5.41. The van der Waals surface area contributed by atoms with Crippen LogP contribution in [0.25, 0.3) is 5.57 Å². The molecule has 0 fully saturated rings. The Labute approximate surface area is 78.6 Å². The first-order valence-electron chi connectivity index (χ1n) is 4.16. The monoisotopic (exact) mass is 169 g/mol. The second-order valence-corrected chi connectivity index (χ2v) is 2.59. The molecule has 0 radical (unpaired) electrons. The van der Waals surface area contributed by atoms with Gasteiger partial charge in [0.25, 0.3) is 0 Å². The Bertz CT molecular complexity index is 352. The largest absolute Gasteiger partial charge is 0.193 e. The summed E-state index contributed by atoms with van der Waals surface area (Å²) in [6.45, 7) is 1.94. The molecule has 0 aromatic heterocycles. The third-order valence-corrected chi connectivity index (χ3v) is 1.67. The quantitative estimate of drug-likeness (QED) is 0.492. The van der Waals surface area contributed by atoms with E-state index in [1.807, 2.05) is 55.5 Å². The van der Waals surface area contributed by atoms with Gasteiger partial charge in [-0.1, -0.05) is 42.5 Å². The fourth-order valence-electron chi connectivity index (χ4n) is 1.11. The van der Waals surface area contributed by atoms with Gasteiger partial charge in [0.2, 0.25) is 0 Å². The first-order valence-corrected chi connectivity index (χ1v) is 4.16. The molecule has 0 atom stereocenters. The molecular formula is C12H11N. The van der Waals surface area contributed by atoms with E-state index < -0.39 is 0 Å². The Morgan fingerprint density at radius 1 is 1.31 bits per heavy atom. The second kappa shape index (κ2) is 4.95. The molecule has 1 nitrogen and oxygen atoms in total. The van der Waals surface area contributed by atoms with E-state index in [0.29, 0.717) is 0 Å². The molecule has 0 N–H and O–H groups in total. The molecule has 0 bridgehead atoms. The summed E-state index contributed by atoms with van der Waals surface area (Å²) >= 11 is 0. The van der Waals surface area contributed by atoms with E-state index in [4.69, 9.17) is 5.26 Å². The number of benzene rings is 1. The summed E-state index contributed by atoms with van der Waals surface area (Å²) < 4.78 is 0. The van der Waals surface area contributed by atoms with Crippen LogP contribution < -0.4 is 0 Å². The van der Waals surface area contributed by atoms with Gasteiger partial charge < -0.3 is 0 Å². The van der Waals surface area contributed by atoms with E-state index in [0.717, 1.165) is 11.1 Å². The van der Waals surface area contributed by atoms with Crippen molar-refractivity contribution >= 4 is 5.57 Å². The molecule has 0 saturated heterocycles. The predicted molar refractivity (Wildman–Crippen MR) is 54.8 cm³/mol. The van der Waals surface area contributed by atoms with Crippen molar-refractivity contribution in [3.63, 3.8) is 0 Å². The van der Waals surface area contributed by atoms with Gasteiger partial charge in [-0.25, -0.2) is 0 Å². The molecule has 0 aliphatic heterocycles. The molecular weight excluding hydrogens is 158 g/mol. The number of rotatable bonds is 2. The highest BCUT2D eigenvalue weighted by atomic mass is 14.2. The molecule has 1 aromatic rings. The average molecular weight is 169 g/mol. The molecule has 1 rings (SSSR count). The van der Waals surface area contributed by atoms with Crippen LogP contribution in [-0.4, -0.2) is 0 Å². The maximum absolute atomic E-state index is 8.56. The Morgan fingerprint density at radius 2 is 2.00 bits per heavy atom. The summed E-state index contributed by atoms with van der Waals surface area (Å²) in [6, 6.07) is 11.9. The van der Waals surface area contributed by atoms with E-state index >= 15 is 0 Å². The third kappa shape index (κ3) is 2.61. The van der Waals surface area contributed by atoms with Gasteiger partial charge in [0.1, 0.15) is 0 Å². The maximum atomic E-state index is 8.56. The van der Waals surface area contributed by atoms with Crippen LogP contribution in [0.3, 0.4) is 0 Å². The van der Waals surface area contributed by atoms with E-state index in [9.17, 15) is 0 Å². The zero-order chi connectivity index (χ0) is 9.52. The Morgan fingerprint density at radius 3 is 2.54 bits per heavy atom. The van der Waals surface area contributed by atoms with Crippen molar-refractivity contribution in [1.82, 2.24) is 0 Å². The Hall–Kier alpha value is -1.81. The minimum Gasteiger partial charge on any atom is -0.193 e. The lowest BCUT2D eigenvalue weighted by molar-refractivity contribution is 1.53. The molecule has 0 amide bonds. The van der Waals surface area contributed by atoms with Crippen LogP contribution in [-0.2, 0) is 0 Å². The fraction of sp³-hybridized carbons (Fsp3) is 0.0833. The highest BCUT2D eigenvalue weighted by Gasteiger charge is 1.94. The minimum absolute atomic E-state index is 0.950. The number of hydrogen-bond donors (Lipinski definition) is 0. The van der Waals surface area contributed by atoms with Crippen molar-refractivity contribution in [2.45, 2.75) is 6.92 Å². The molecule has 0 unspecified atom stereocenters. The molecule has 13 heavy (non-hydrogen) atoms. The Balaban J connectivity index is 3.05. The Kier molecular flexibility index (Phi) is 3.53. The molecule has 0 aliphatic carbocycles. The number of allylic oxidation sites excluding steroid dienone is 4. The molecule has 1 aromatic carbocycles. The van der Waals surface area contributed by atoms with Crippen molar-refractivity contribution in [3.8, 4) is 6.07 Å². The molecule has 0 aliphatic rings. The number of nitrogens with zero attached hydrogens (tertiary/aromatic N) is 1. The van der Waals surface area contributed by atoms with Crippen LogP contribution >= 0.6 is 0 Å². The fourth-order valence-corrected chi connectivity index (χ4v) is 1.11. The zero-order valence-corrected chi connectivity index (χ0v) is 7.57. The van der Waals surface area contributed by atoms with Gasteiger partial charge in [0.15, 0.2) is 0 Å². The summed E-state index contributed by atoms with van der Waals surface area (Å²) in [5.41, 5.74) is 2.02. The highest BCUT2D eigenvalue weighted by Crippen LogP contribution is 2.14. The highest BCUT2D eigenvalue weighted by molar-refractivity contribution is 5.75. The van der Waals surface area contributed by atoms with E-state index in [1.54, 1.807) is 6.08 Å². The molecule has 0 heterocycles. The second-order valence-electron chi connectivity index (χ2n) is 2.59. The third-order valence-electron chi connectivity index (χ3n) is 1.67. The van der Waals surface area contributed by atoms with Crippen molar-refractivity contribution in [2.75, 3.05) is 0 Å². The lowest BCUT2D eigenvalue weighted by Gasteiger charge is -1.98. The van der Waals surface area contributed by atoms with Gasteiger partial charge >= 0.3 is 0 Å². The van der Waals surface area contributed by atoms with Crippen LogP contribution in [0.15, 0.2) is 48.6 Å². The van der Waals surface area contributed by atoms with Crippen LogP contribution in [0.5, 0.6) is 0 Å².